The number of aryl methyl sites for hydroxylation is 1. The molecule has 2 rings (SSSR count). The Morgan fingerprint density at radius 3 is 2.43 bits per heavy atom. The third-order valence-corrected chi connectivity index (χ3v) is 5.72. The average Bonchev–Trinajstić information content (AvgIpc) is 2.46. The fourth-order valence-electron chi connectivity index (χ4n) is 2.78. The van der Waals surface area contributed by atoms with Crippen LogP contribution >= 0.6 is 0 Å². The lowest BCUT2D eigenvalue weighted by Gasteiger charge is -2.26. The molecule has 1 saturated carbocycles. The van der Waals surface area contributed by atoms with E-state index < -0.39 is 16.0 Å². The van der Waals surface area contributed by atoms with Crippen LogP contribution in [0.3, 0.4) is 0 Å². The van der Waals surface area contributed by atoms with Gasteiger partial charge in [0.1, 0.15) is 0 Å². The van der Waals surface area contributed by atoms with E-state index in [9.17, 15) is 13.2 Å². The Balaban J connectivity index is 1.92. The molecule has 6 heteroatoms. The molecule has 1 aromatic carbocycles. The van der Waals surface area contributed by atoms with Crippen LogP contribution in [0, 0.1) is 18.8 Å². The lowest BCUT2D eigenvalue weighted by Crippen LogP contribution is -2.32. The minimum atomic E-state index is -3.49. The highest BCUT2D eigenvalue weighted by Gasteiger charge is 2.27. The largest absolute Gasteiger partial charge is 0.481 e. The van der Waals surface area contributed by atoms with E-state index in [-0.39, 0.29) is 11.8 Å². The fraction of sp³-hybridized carbons (Fsp3) is 0.533. The molecule has 0 aromatic heterocycles. The molecule has 0 unspecified atom stereocenters. The minimum absolute atomic E-state index is 0.222. The first-order valence-corrected chi connectivity index (χ1v) is 8.66. The van der Waals surface area contributed by atoms with E-state index in [4.69, 9.17) is 5.11 Å². The van der Waals surface area contributed by atoms with Gasteiger partial charge in [0.05, 0.1) is 10.8 Å². The van der Waals surface area contributed by atoms with E-state index in [0.29, 0.717) is 24.3 Å². The first kappa shape index (κ1) is 16.0. The van der Waals surface area contributed by atoms with Gasteiger partial charge in [0, 0.05) is 6.54 Å². The fourth-order valence-corrected chi connectivity index (χ4v) is 4.14. The molecule has 0 radical (unpaired) electrons. The molecule has 0 atom stereocenters. The topological polar surface area (TPSA) is 83.5 Å². The molecule has 2 N–H and O–H groups in total. The van der Waals surface area contributed by atoms with Gasteiger partial charge in [-0.3, -0.25) is 4.79 Å². The molecule has 0 aliphatic heterocycles. The summed E-state index contributed by atoms with van der Waals surface area (Å²) in [6.45, 7) is 2.15. The Labute approximate surface area is 125 Å². The summed E-state index contributed by atoms with van der Waals surface area (Å²) in [5.41, 5.74) is 0.722. The summed E-state index contributed by atoms with van der Waals surface area (Å²) in [6, 6.07) is 6.88. The van der Waals surface area contributed by atoms with Crippen molar-refractivity contribution >= 4 is 16.0 Å². The number of sulfonamides is 1. The second kappa shape index (κ2) is 6.58. The summed E-state index contributed by atoms with van der Waals surface area (Å²) in [6.07, 6.45) is 2.78. The number of hydrogen-bond acceptors (Lipinski definition) is 3. The molecule has 1 aromatic rings. The van der Waals surface area contributed by atoms with Gasteiger partial charge in [-0.1, -0.05) is 18.2 Å². The number of benzene rings is 1. The van der Waals surface area contributed by atoms with E-state index in [2.05, 4.69) is 4.72 Å². The third-order valence-electron chi connectivity index (χ3n) is 4.14. The van der Waals surface area contributed by atoms with Gasteiger partial charge >= 0.3 is 5.97 Å². The summed E-state index contributed by atoms with van der Waals surface area (Å²) >= 11 is 0. The zero-order valence-electron chi connectivity index (χ0n) is 12.1. The molecular weight excluding hydrogens is 290 g/mol. The van der Waals surface area contributed by atoms with Crippen LogP contribution in [-0.2, 0) is 14.8 Å². The molecular formula is C15H21NO4S. The highest BCUT2D eigenvalue weighted by molar-refractivity contribution is 7.89. The summed E-state index contributed by atoms with van der Waals surface area (Å²) < 4.78 is 27.2. The number of hydrogen-bond donors (Lipinski definition) is 2. The molecule has 21 heavy (non-hydrogen) atoms. The Morgan fingerprint density at radius 1 is 1.24 bits per heavy atom. The monoisotopic (exact) mass is 311 g/mol. The van der Waals surface area contributed by atoms with Crippen LogP contribution < -0.4 is 4.72 Å². The predicted molar refractivity (Wildman–Crippen MR) is 79.5 cm³/mol. The van der Waals surface area contributed by atoms with E-state index >= 15 is 0 Å². The van der Waals surface area contributed by atoms with E-state index in [1.54, 1.807) is 25.1 Å². The Morgan fingerprint density at radius 2 is 1.86 bits per heavy atom. The normalized spacial score (nSPS) is 22.9. The van der Waals surface area contributed by atoms with Gasteiger partial charge in [0.25, 0.3) is 0 Å². The molecule has 1 aliphatic carbocycles. The standard InChI is InChI=1S/C15H21NO4S/c1-11-4-2-3-5-14(11)21(19,20)16-10-12-6-8-13(9-7-12)15(17)18/h2-5,12-13,16H,6-10H2,1H3,(H,17,18). The van der Waals surface area contributed by atoms with Crippen molar-refractivity contribution in [3.63, 3.8) is 0 Å². The smallest absolute Gasteiger partial charge is 0.306 e. The number of rotatable bonds is 5. The Kier molecular flexibility index (Phi) is 5.00. The summed E-state index contributed by atoms with van der Waals surface area (Å²) in [5, 5.41) is 8.95. The summed E-state index contributed by atoms with van der Waals surface area (Å²) in [7, 11) is -3.49. The van der Waals surface area contributed by atoms with Crippen molar-refractivity contribution in [1.82, 2.24) is 4.72 Å². The van der Waals surface area contributed by atoms with Crippen LogP contribution in [0.15, 0.2) is 29.2 Å². The Bertz CT molecular complexity index is 604. The summed E-state index contributed by atoms with van der Waals surface area (Å²) in [4.78, 5) is 11.2. The van der Waals surface area contributed by atoms with Crippen LogP contribution in [0.25, 0.3) is 0 Å². The van der Waals surface area contributed by atoms with Gasteiger partial charge in [0.15, 0.2) is 0 Å². The van der Waals surface area contributed by atoms with Crippen LogP contribution in [0.1, 0.15) is 31.2 Å². The lowest BCUT2D eigenvalue weighted by molar-refractivity contribution is -0.143. The SMILES string of the molecule is Cc1ccccc1S(=O)(=O)NCC1CCC(C(=O)O)CC1. The lowest BCUT2D eigenvalue weighted by atomic mass is 9.82. The molecule has 0 bridgehead atoms. The van der Waals surface area contributed by atoms with Gasteiger partial charge in [-0.05, 0) is 50.2 Å². The highest BCUT2D eigenvalue weighted by atomic mass is 32.2. The third kappa shape index (κ3) is 4.04. The van der Waals surface area contributed by atoms with Crippen LogP contribution in [0.4, 0.5) is 0 Å². The van der Waals surface area contributed by atoms with Crippen LogP contribution in [0.5, 0.6) is 0 Å². The second-order valence-electron chi connectivity index (χ2n) is 5.67. The van der Waals surface area contributed by atoms with Crippen molar-refractivity contribution in [1.29, 1.82) is 0 Å². The molecule has 5 nitrogen and oxygen atoms in total. The van der Waals surface area contributed by atoms with Gasteiger partial charge in [-0.15, -0.1) is 0 Å². The number of carboxylic acid groups (broad SMARTS) is 1. The molecule has 0 saturated heterocycles. The van der Waals surface area contributed by atoms with Gasteiger partial charge in [0.2, 0.25) is 10.0 Å². The maximum Gasteiger partial charge on any atom is 0.306 e. The molecule has 1 fully saturated rings. The maximum absolute atomic E-state index is 12.3. The van der Waals surface area contributed by atoms with Crippen LogP contribution in [0.2, 0.25) is 0 Å². The number of nitrogens with one attached hydrogen (secondary N) is 1. The van der Waals surface area contributed by atoms with E-state index in [1.807, 2.05) is 6.07 Å². The average molecular weight is 311 g/mol. The molecule has 0 amide bonds. The first-order valence-electron chi connectivity index (χ1n) is 7.18. The molecule has 0 spiro atoms. The quantitative estimate of drug-likeness (QED) is 0.873. The van der Waals surface area contributed by atoms with Crippen LogP contribution in [-0.4, -0.2) is 26.0 Å². The van der Waals surface area contributed by atoms with Gasteiger partial charge < -0.3 is 5.11 Å². The van der Waals surface area contributed by atoms with Crippen molar-refractivity contribution in [2.45, 2.75) is 37.5 Å². The molecule has 1 aliphatic rings. The van der Waals surface area contributed by atoms with Crippen molar-refractivity contribution in [2.24, 2.45) is 11.8 Å². The van der Waals surface area contributed by atoms with Crippen molar-refractivity contribution in [3.8, 4) is 0 Å². The molecule has 0 heterocycles. The zero-order valence-corrected chi connectivity index (χ0v) is 12.9. The van der Waals surface area contributed by atoms with Gasteiger partial charge in [-0.25, -0.2) is 13.1 Å². The first-order chi connectivity index (χ1) is 9.90. The number of aliphatic carboxylic acids is 1. The van der Waals surface area contributed by atoms with Crippen molar-refractivity contribution in [3.05, 3.63) is 29.8 Å². The van der Waals surface area contributed by atoms with Crippen molar-refractivity contribution < 1.29 is 18.3 Å². The second-order valence-corrected chi connectivity index (χ2v) is 7.41. The predicted octanol–water partition coefficient (Wildman–Crippen LogP) is 2.16. The highest BCUT2D eigenvalue weighted by Crippen LogP contribution is 2.28. The van der Waals surface area contributed by atoms with Gasteiger partial charge in [-0.2, -0.15) is 0 Å². The number of carboxylic acids is 1. The zero-order chi connectivity index (χ0) is 15.5. The minimum Gasteiger partial charge on any atom is -0.481 e. The van der Waals surface area contributed by atoms with Crippen molar-refractivity contribution in [2.75, 3.05) is 6.54 Å². The van der Waals surface area contributed by atoms with E-state index in [0.717, 1.165) is 18.4 Å². The summed E-state index contributed by atoms with van der Waals surface area (Å²) in [5.74, 6) is -0.789. The molecule has 116 valence electrons. The van der Waals surface area contributed by atoms with E-state index in [1.165, 1.54) is 0 Å². The number of carbonyl (C=O) groups is 1. The maximum atomic E-state index is 12.3. The Hall–Kier alpha value is -1.40.